The maximum absolute atomic E-state index is 5.25. The van der Waals surface area contributed by atoms with Gasteiger partial charge in [-0.25, -0.2) is 0 Å². The summed E-state index contributed by atoms with van der Waals surface area (Å²) in [6.07, 6.45) is 1.79. The quantitative estimate of drug-likeness (QED) is 0.386. The average molecular weight is 322 g/mol. The molecule has 23 heavy (non-hydrogen) atoms. The summed E-state index contributed by atoms with van der Waals surface area (Å²) < 4.78 is 0. The van der Waals surface area contributed by atoms with E-state index in [9.17, 15) is 0 Å². The van der Waals surface area contributed by atoms with Crippen LogP contribution in [0.15, 0.2) is 53.6 Å². The van der Waals surface area contributed by atoms with Crippen molar-refractivity contribution in [2.75, 3.05) is 5.32 Å². The molecule has 1 aromatic heterocycles. The predicted molar refractivity (Wildman–Crippen MR) is 101 cm³/mol. The fourth-order valence-corrected chi connectivity index (χ4v) is 2.59. The van der Waals surface area contributed by atoms with E-state index >= 15 is 0 Å². The smallest absolute Gasteiger partial charge is 0.191 e. The number of aromatic amines is 1. The van der Waals surface area contributed by atoms with Crippen molar-refractivity contribution in [1.29, 1.82) is 0 Å². The molecule has 0 spiro atoms. The third-order valence-corrected chi connectivity index (χ3v) is 3.81. The van der Waals surface area contributed by atoms with Gasteiger partial charge < -0.3 is 10.3 Å². The van der Waals surface area contributed by atoms with Crippen molar-refractivity contribution < 1.29 is 0 Å². The van der Waals surface area contributed by atoms with Gasteiger partial charge >= 0.3 is 0 Å². The van der Waals surface area contributed by atoms with E-state index in [0.29, 0.717) is 5.11 Å². The van der Waals surface area contributed by atoms with Crippen LogP contribution >= 0.6 is 12.2 Å². The largest absolute Gasteiger partial charge is 0.358 e. The van der Waals surface area contributed by atoms with Gasteiger partial charge in [-0.3, -0.25) is 5.43 Å². The van der Waals surface area contributed by atoms with Crippen molar-refractivity contribution in [2.45, 2.75) is 13.8 Å². The molecule has 0 bridgehead atoms. The predicted octanol–water partition coefficient (Wildman–Crippen LogP) is 4.11. The molecule has 0 radical (unpaired) electrons. The van der Waals surface area contributed by atoms with Crippen LogP contribution in [0, 0.1) is 13.8 Å². The molecule has 0 amide bonds. The number of anilines is 1. The van der Waals surface area contributed by atoms with Crippen LogP contribution in [0.3, 0.4) is 0 Å². The highest BCUT2D eigenvalue weighted by molar-refractivity contribution is 7.80. The number of para-hydroxylation sites is 1. The van der Waals surface area contributed by atoms with E-state index < -0.39 is 0 Å². The summed E-state index contributed by atoms with van der Waals surface area (Å²) in [4.78, 5) is 3.34. The molecule has 0 aliphatic rings. The summed E-state index contributed by atoms with van der Waals surface area (Å²) in [6, 6.07) is 16.2. The van der Waals surface area contributed by atoms with Gasteiger partial charge in [0.05, 0.1) is 6.21 Å². The lowest BCUT2D eigenvalue weighted by Gasteiger charge is -2.06. The normalized spacial score (nSPS) is 11.0. The molecule has 0 unspecified atom stereocenters. The Kier molecular flexibility index (Phi) is 4.39. The average Bonchev–Trinajstić information content (AvgIpc) is 2.86. The first kappa shape index (κ1) is 15.2. The van der Waals surface area contributed by atoms with Gasteiger partial charge in [0.1, 0.15) is 0 Å². The zero-order valence-electron chi connectivity index (χ0n) is 13.1. The molecule has 3 aromatic rings. The highest BCUT2D eigenvalue weighted by Crippen LogP contribution is 2.19. The Morgan fingerprint density at radius 3 is 2.61 bits per heavy atom. The van der Waals surface area contributed by atoms with Crippen LogP contribution in [0.2, 0.25) is 0 Å². The Labute approximate surface area is 140 Å². The first-order valence-corrected chi connectivity index (χ1v) is 7.78. The van der Waals surface area contributed by atoms with Gasteiger partial charge in [-0.2, -0.15) is 5.10 Å². The monoisotopic (exact) mass is 322 g/mol. The maximum Gasteiger partial charge on any atom is 0.191 e. The third kappa shape index (κ3) is 3.57. The zero-order chi connectivity index (χ0) is 16.2. The summed E-state index contributed by atoms with van der Waals surface area (Å²) in [5.41, 5.74) is 8.24. The van der Waals surface area contributed by atoms with E-state index in [-0.39, 0.29) is 0 Å². The van der Waals surface area contributed by atoms with E-state index in [1.54, 1.807) is 6.21 Å². The van der Waals surface area contributed by atoms with Gasteiger partial charge in [0.2, 0.25) is 0 Å². The van der Waals surface area contributed by atoms with Crippen molar-refractivity contribution in [3.05, 3.63) is 65.4 Å². The minimum Gasteiger partial charge on any atom is -0.358 e. The molecule has 3 N–H and O–H groups in total. The van der Waals surface area contributed by atoms with Gasteiger partial charge in [0.15, 0.2) is 5.11 Å². The van der Waals surface area contributed by atoms with Crippen molar-refractivity contribution in [3.8, 4) is 0 Å². The minimum absolute atomic E-state index is 0.461. The van der Waals surface area contributed by atoms with Crippen molar-refractivity contribution >= 4 is 40.1 Å². The fourth-order valence-electron chi connectivity index (χ4n) is 2.42. The van der Waals surface area contributed by atoms with Gasteiger partial charge in [0, 0.05) is 27.8 Å². The molecule has 116 valence electrons. The highest BCUT2D eigenvalue weighted by Gasteiger charge is 2.05. The topological polar surface area (TPSA) is 52.2 Å². The van der Waals surface area contributed by atoms with E-state index in [1.165, 1.54) is 5.56 Å². The number of aryl methyl sites for hydroxylation is 2. The molecule has 1 heterocycles. The molecule has 2 aromatic carbocycles. The van der Waals surface area contributed by atoms with Gasteiger partial charge in [-0.15, -0.1) is 0 Å². The Balaban J connectivity index is 1.67. The molecular formula is C18H18N4S. The lowest BCUT2D eigenvalue weighted by Crippen LogP contribution is -2.23. The Bertz CT molecular complexity index is 862. The number of aromatic nitrogens is 1. The van der Waals surface area contributed by atoms with E-state index in [4.69, 9.17) is 12.2 Å². The number of fused-ring (bicyclic) bond motifs is 1. The van der Waals surface area contributed by atoms with Crippen molar-refractivity contribution in [2.24, 2.45) is 5.10 Å². The Hall–Kier alpha value is -2.66. The second-order valence-corrected chi connectivity index (χ2v) is 5.81. The van der Waals surface area contributed by atoms with Crippen molar-refractivity contribution in [3.63, 3.8) is 0 Å². The third-order valence-electron chi connectivity index (χ3n) is 3.61. The number of hydrogen-bond donors (Lipinski definition) is 3. The fraction of sp³-hybridized carbons (Fsp3) is 0.111. The van der Waals surface area contributed by atoms with Crippen LogP contribution in [0.4, 0.5) is 5.69 Å². The number of nitrogens with one attached hydrogen (secondary N) is 3. The van der Waals surface area contributed by atoms with Crippen LogP contribution in [-0.4, -0.2) is 16.3 Å². The summed E-state index contributed by atoms with van der Waals surface area (Å²) in [7, 11) is 0. The Morgan fingerprint density at radius 1 is 1.09 bits per heavy atom. The summed E-state index contributed by atoms with van der Waals surface area (Å²) >= 11 is 5.25. The van der Waals surface area contributed by atoms with E-state index in [0.717, 1.165) is 27.8 Å². The summed E-state index contributed by atoms with van der Waals surface area (Å²) in [5.74, 6) is 0. The second-order valence-electron chi connectivity index (χ2n) is 5.40. The zero-order valence-corrected chi connectivity index (χ0v) is 13.9. The molecule has 4 nitrogen and oxygen atoms in total. The van der Waals surface area contributed by atoms with Gasteiger partial charge in [0.25, 0.3) is 0 Å². The number of H-pyrrole nitrogens is 1. The summed E-state index contributed by atoms with van der Waals surface area (Å²) in [5, 5.41) is 8.95. The maximum atomic E-state index is 5.25. The standard InChI is InChI=1S/C18H18N4S/c1-12-7-9-14(10-8-12)21-18(23)22-19-11-16-13(2)20-17-6-4-3-5-15(16)17/h3-11,20H,1-2H3,(H2,21,22,23)/b19-11-. The lowest BCUT2D eigenvalue weighted by molar-refractivity contribution is 1.05. The molecule has 0 saturated carbocycles. The second kappa shape index (κ2) is 6.62. The van der Waals surface area contributed by atoms with E-state index in [2.05, 4.69) is 33.0 Å². The SMILES string of the molecule is Cc1ccc(NC(=S)N/N=C\c2c(C)[nH]c3ccccc23)cc1. The molecular weight excluding hydrogens is 304 g/mol. The molecule has 0 fully saturated rings. The van der Waals surface area contributed by atoms with E-state index in [1.807, 2.05) is 50.2 Å². The summed E-state index contributed by atoms with van der Waals surface area (Å²) in [6.45, 7) is 4.08. The van der Waals surface area contributed by atoms with Crippen LogP contribution in [-0.2, 0) is 0 Å². The van der Waals surface area contributed by atoms with Gasteiger partial charge in [-0.05, 0) is 44.3 Å². The molecule has 0 atom stereocenters. The van der Waals surface area contributed by atoms with Crippen LogP contribution in [0.25, 0.3) is 10.9 Å². The van der Waals surface area contributed by atoms with Crippen LogP contribution in [0.1, 0.15) is 16.8 Å². The van der Waals surface area contributed by atoms with Crippen LogP contribution in [0.5, 0.6) is 0 Å². The molecule has 0 aliphatic heterocycles. The number of hydrogen-bond acceptors (Lipinski definition) is 2. The van der Waals surface area contributed by atoms with Gasteiger partial charge in [-0.1, -0.05) is 35.9 Å². The van der Waals surface area contributed by atoms with Crippen LogP contribution < -0.4 is 10.7 Å². The number of thiocarbonyl (C=S) groups is 1. The molecule has 0 saturated heterocycles. The first-order chi connectivity index (χ1) is 11.1. The number of nitrogens with zero attached hydrogens (tertiary/aromatic N) is 1. The molecule has 3 rings (SSSR count). The minimum atomic E-state index is 0.461. The first-order valence-electron chi connectivity index (χ1n) is 7.37. The highest BCUT2D eigenvalue weighted by atomic mass is 32.1. The number of hydrazone groups is 1. The Morgan fingerprint density at radius 2 is 1.83 bits per heavy atom. The molecule has 5 heteroatoms. The number of benzene rings is 2. The lowest BCUT2D eigenvalue weighted by atomic mass is 10.1. The van der Waals surface area contributed by atoms with Crippen molar-refractivity contribution in [1.82, 2.24) is 10.4 Å². The number of rotatable bonds is 3. The molecule has 0 aliphatic carbocycles.